The van der Waals surface area contributed by atoms with Crippen molar-refractivity contribution >= 4 is 45.1 Å². The lowest BCUT2D eigenvalue weighted by atomic mass is 10.3. The number of carboxylic acids is 1. The first-order valence-corrected chi connectivity index (χ1v) is 6.11. The van der Waals surface area contributed by atoms with Crippen LogP contribution in [0, 0.1) is 0 Å². The van der Waals surface area contributed by atoms with Crippen LogP contribution in [-0.2, 0) is 0 Å². The molecule has 0 bridgehead atoms. The quantitative estimate of drug-likeness (QED) is 0.900. The first-order valence-electron chi connectivity index (χ1n) is 4.56. The third-order valence-corrected chi connectivity index (χ3v) is 3.04. The molecule has 0 unspecified atom stereocenters. The molecule has 0 fully saturated rings. The van der Waals surface area contributed by atoms with Gasteiger partial charge in [-0.25, -0.2) is 19.7 Å². The number of carbonyl (C=O) groups is 1. The van der Waals surface area contributed by atoms with Crippen LogP contribution in [0.15, 0.2) is 22.9 Å². The third kappa shape index (κ3) is 2.60. The van der Waals surface area contributed by atoms with Crippen molar-refractivity contribution in [1.29, 1.82) is 0 Å². The van der Waals surface area contributed by atoms with E-state index in [2.05, 4.69) is 30.9 Å². The summed E-state index contributed by atoms with van der Waals surface area (Å²) in [6, 6.07) is 1.48. The maximum Gasteiger partial charge on any atom is 0.355 e. The van der Waals surface area contributed by atoms with Crippen LogP contribution in [0.3, 0.4) is 0 Å². The van der Waals surface area contributed by atoms with Crippen molar-refractivity contribution in [3.63, 3.8) is 0 Å². The van der Waals surface area contributed by atoms with Gasteiger partial charge in [0, 0.05) is 12.4 Å². The van der Waals surface area contributed by atoms with Crippen molar-refractivity contribution in [1.82, 2.24) is 15.0 Å². The molecule has 0 amide bonds. The fourth-order valence-corrected chi connectivity index (χ4v) is 2.04. The van der Waals surface area contributed by atoms with Crippen LogP contribution in [0.5, 0.6) is 0 Å². The number of nitrogens with zero attached hydrogens (tertiary/aromatic N) is 3. The van der Waals surface area contributed by atoms with E-state index in [4.69, 9.17) is 28.3 Å². The van der Waals surface area contributed by atoms with Crippen LogP contribution in [0.4, 0.5) is 0 Å². The zero-order valence-electron chi connectivity index (χ0n) is 8.56. The Balaban J connectivity index is 2.58. The second kappa shape index (κ2) is 5.17. The summed E-state index contributed by atoms with van der Waals surface area (Å²) in [5, 5.41) is 9.58. The van der Waals surface area contributed by atoms with E-state index in [1.807, 2.05) is 0 Å². The van der Waals surface area contributed by atoms with Gasteiger partial charge in [0.05, 0.1) is 14.5 Å². The number of halogens is 3. The van der Waals surface area contributed by atoms with Crippen molar-refractivity contribution < 1.29 is 9.90 Å². The molecule has 8 heteroatoms. The minimum atomic E-state index is -1.17. The number of hydrogen-bond donors (Lipinski definition) is 1. The van der Waals surface area contributed by atoms with Gasteiger partial charge in [-0.1, -0.05) is 23.2 Å². The van der Waals surface area contributed by atoms with E-state index in [1.165, 1.54) is 18.5 Å². The van der Waals surface area contributed by atoms with Gasteiger partial charge in [0.1, 0.15) is 5.69 Å². The van der Waals surface area contributed by atoms with Gasteiger partial charge in [0.15, 0.2) is 11.5 Å². The molecule has 2 aromatic rings. The van der Waals surface area contributed by atoms with Crippen LogP contribution in [0.25, 0.3) is 11.5 Å². The predicted octanol–water partition coefficient (Wildman–Crippen LogP) is 3.31. The lowest BCUT2D eigenvalue weighted by Gasteiger charge is -2.04. The Hall–Kier alpha value is -1.24. The molecule has 0 aliphatic carbocycles. The van der Waals surface area contributed by atoms with Gasteiger partial charge in [0.25, 0.3) is 0 Å². The van der Waals surface area contributed by atoms with E-state index in [9.17, 15) is 4.79 Å². The Kier molecular flexibility index (Phi) is 3.79. The van der Waals surface area contributed by atoms with Gasteiger partial charge >= 0.3 is 5.97 Å². The van der Waals surface area contributed by atoms with E-state index in [0.717, 1.165) is 0 Å². The molecule has 2 heterocycles. The summed E-state index contributed by atoms with van der Waals surface area (Å²) in [6.45, 7) is 0. The fraction of sp³-hybridized carbons (Fsp3) is 0. The van der Waals surface area contributed by atoms with E-state index in [1.54, 1.807) is 0 Å². The molecular formula is C10H4BrCl2N3O2. The highest BCUT2D eigenvalue weighted by atomic mass is 79.9. The fourth-order valence-electron chi connectivity index (χ4n) is 1.21. The minimum absolute atomic E-state index is 0.122. The van der Waals surface area contributed by atoms with Crippen molar-refractivity contribution in [2.45, 2.75) is 0 Å². The molecule has 0 aromatic carbocycles. The normalized spacial score (nSPS) is 10.4. The average molecular weight is 349 g/mol. The zero-order chi connectivity index (χ0) is 13.3. The Labute approximate surface area is 120 Å². The molecule has 0 atom stereocenters. The number of carboxylic acid groups (broad SMARTS) is 1. The molecule has 2 rings (SSSR count). The first-order chi connectivity index (χ1) is 8.49. The number of aromatic nitrogens is 3. The summed E-state index contributed by atoms with van der Waals surface area (Å²) in [4.78, 5) is 22.8. The predicted molar refractivity (Wildman–Crippen MR) is 69.9 cm³/mol. The molecule has 0 aliphatic heterocycles. The van der Waals surface area contributed by atoms with Gasteiger partial charge in [-0.2, -0.15) is 0 Å². The van der Waals surface area contributed by atoms with E-state index in [-0.39, 0.29) is 26.7 Å². The van der Waals surface area contributed by atoms with Crippen LogP contribution in [0.2, 0.25) is 10.0 Å². The van der Waals surface area contributed by atoms with Gasteiger partial charge in [0.2, 0.25) is 0 Å². The standard InChI is InChI=1S/C10H4BrCl2N3O2/c11-5-3-15-9(16-7(5)10(17)18)8-6(13)1-4(12)2-14-8/h1-3H,(H,17,18). The first kappa shape index (κ1) is 13.2. The van der Waals surface area contributed by atoms with Crippen LogP contribution < -0.4 is 0 Å². The topological polar surface area (TPSA) is 76.0 Å². The number of rotatable bonds is 2. The summed E-state index contributed by atoms with van der Waals surface area (Å²) in [6.07, 6.45) is 2.72. The number of aromatic carboxylic acids is 1. The van der Waals surface area contributed by atoms with E-state index >= 15 is 0 Å². The summed E-state index contributed by atoms with van der Waals surface area (Å²) < 4.78 is 0.281. The molecule has 0 saturated carbocycles. The molecule has 92 valence electrons. The van der Waals surface area contributed by atoms with Crippen molar-refractivity contribution in [3.05, 3.63) is 38.7 Å². The average Bonchev–Trinajstić information content (AvgIpc) is 2.30. The maximum atomic E-state index is 10.9. The van der Waals surface area contributed by atoms with E-state index in [0.29, 0.717) is 5.02 Å². The molecule has 0 radical (unpaired) electrons. The van der Waals surface area contributed by atoms with Crippen molar-refractivity contribution in [2.24, 2.45) is 0 Å². The molecule has 0 saturated heterocycles. The highest BCUT2D eigenvalue weighted by Gasteiger charge is 2.15. The summed E-state index contributed by atoms with van der Waals surface area (Å²) in [7, 11) is 0. The van der Waals surface area contributed by atoms with Gasteiger partial charge < -0.3 is 5.11 Å². The number of hydrogen-bond acceptors (Lipinski definition) is 4. The van der Waals surface area contributed by atoms with Gasteiger partial charge in [-0.3, -0.25) is 0 Å². The molecule has 18 heavy (non-hydrogen) atoms. The lowest BCUT2D eigenvalue weighted by Crippen LogP contribution is -2.05. The lowest BCUT2D eigenvalue weighted by molar-refractivity contribution is 0.0689. The molecule has 5 nitrogen and oxygen atoms in total. The minimum Gasteiger partial charge on any atom is -0.476 e. The van der Waals surface area contributed by atoms with E-state index < -0.39 is 5.97 Å². The molecule has 1 N–H and O–H groups in total. The Morgan fingerprint density at radius 3 is 2.61 bits per heavy atom. The van der Waals surface area contributed by atoms with Crippen molar-refractivity contribution in [3.8, 4) is 11.5 Å². The van der Waals surface area contributed by atoms with Crippen LogP contribution in [-0.4, -0.2) is 26.0 Å². The largest absolute Gasteiger partial charge is 0.476 e. The highest BCUT2D eigenvalue weighted by molar-refractivity contribution is 9.10. The van der Waals surface area contributed by atoms with Crippen LogP contribution >= 0.6 is 39.1 Å². The SMILES string of the molecule is O=C(O)c1nc(-c2ncc(Cl)cc2Cl)ncc1Br. The Bertz CT molecular complexity index is 637. The Morgan fingerprint density at radius 1 is 1.28 bits per heavy atom. The molecular weight excluding hydrogens is 345 g/mol. The van der Waals surface area contributed by atoms with Crippen LogP contribution in [0.1, 0.15) is 10.5 Å². The molecule has 2 aromatic heterocycles. The second-order valence-electron chi connectivity index (χ2n) is 3.18. The molecule has 0 spiro atoms. The highest BCUT2D eigenvalue weighted by Crippen LogP contribution is 2.26. The zero-order valence-corrected chi connectivity index (χ0v) is 11.7. The van der Waals surface area contributed by atoms with Gasteiger partial charge in [-0.05, 0) is 22.0 Å². The smallest absolute Gasteiger partial charge is 0.355 e. The summed E-state index contributed by atoms with van der Waals surface area (Å²) in [5.41, 5.74) is 0.115. The van der Waals surface area contributed by atoms with Gasteiger partial charge in [-0.15, -0.1) is 0 Å². The third-order valence-electron chi connectivity index (χ3n) is 1.97. The Morgan fingerprint density at radius 2 is 2.00 bits per heavy atom. The second-order valence-corrected chi connectivity index (χ2v) is 4.88. The van der Waals surface area contributed by atoms with Crippen molar-refractivity contribution in [2.75, 3.05) is 0 Å². The maximum absolute atomic E-state index is 10.9. The summed E-state index contributed by atoms with van der Waals surface area (Å²) >= 11 is 14.7. The summed E-state index contributed by atoms with van der Waals surface area (Å²) in [5.74, 6) is -1.05. The molecule has 0 aliphatic rings. The number of pyridine rings is 1. The monoisotopic (exact) mass is 347 g/mol.